The maximum Gasteiger partial charge on any atom is 0.137 e. The van der Waals surface area contributed by atoms with E-state index < -0.39 is 0 Å². The average molecular weight is 391 g/mol. The highest BCUT2D eigenvalue weighted by molar-refractivity contribution is 9.10. The van der Waals surface area contributed by atoms with Crippen LogP contribution in [-0.4, -0.2) is 14.8 Å². The van der Waals surface area contributed by atoms with E-state index >= 15 is 0 Å². The monoisotopic (exact) mass is 389 g/mol. The van der Waals surface area contributed by atoms with Crippen molar-refractivity contribution in [3.05, 3.63) is 81.8 Å². The first-order valence-electron chi connectivity index (χ1n) is 7.53. The van der Waals surface area contributed by atoms with E-state index in [9.17, 15) is 0 Å². The summed E-state index contributed by atoms with van der Waals surface area (Å²) in [6, 6.07) is 16.5. The van der Waals surface area contributed by atoms with Crippen LogP contribution in [0.1, 0.15) is 23.5 Å². The van der Waals surface area contributed by atoms with Crippen LogP contribution in [0.15, 0.2) is 65.7 Å². The number of hydrogen-bond donors (Lipinski definition) is 0. The van der Waals surface area contributed by atoms with Crippen molar-refractivity contribution in [3.8, 4) is 0 Å². The molecule has 0 saturated carbocycles. The van der Waals surface area contributed by atoms with Crippen molar-refractivity contribution >= 4 is 27.5 Å². The van der Waals surface area contributed by atoms with Crippen LogP contribution in [0.25, 0.3) is 0 Å². The van der Waals surface area contributed by atoms with Crippen LogP contribution in [-0.2, 0) is 13.0 Å². The van der Waals surface area contributed by atoms with Crippen LogP contribution in [0.2, 0.25) is 5.02 Å². The Morgan fingerprint density at radius 2 is 1.87 bits per heavy atom. The Balaban J connectivity index is 1.77. The van der Waals surface area contributed by atoms with Gasteiger partial charge in [0.2, 0.25) is 0 Å². The van der Waals surface area contributed by atoms with Crippen molar-refractivity contribution in [3.63, 3.8) is 0 Å². The zero-order valence-corrected chi connectivity index (χ0v) is 14.9. The largest absolute Gasteiger partial charge is 0.252 e. The number of nitrogens with zero attached hydrogens (tertiary/aromatic N) is 3. The number of aromatic nitrogens is 3. The normalized spacial score (nSPS) is 12.3. The van der Waals surface area contributed by atoms with Crippen molar-refractivity contribution in [1.82, 2.24) is 14.8 Å². The fourth-order valence-corrected chi connectivity index (χ4v) is 3.25. The average Bonchev–Trinajstić information content (AvgIpc) is 3.07. The van der Waals surface area contributed by atoms with Gasteiger partial charge >= 0.3 is 0 Å². The van der Waals surface area contributed by atoms with E-state index in [-0.39, 0.29) is 0 Å². The molecule has 3 nitrogen and oxygen atoms in total. The van der Waals surface area contributed by atoms with Gasteiger partial charge in [0, 0.05) is 22.0 Å². The fraction of sp³-hybridized carbons (Fsp3) is 0.222. The standard InChI is InChI=1S/C18H17BrClN3/c19-16-9-6-14(7-10-16)5-8-15(11-23-13-21-12-22-23)17-3-1-2-4-18(17)20/h1-4,6-7,9-10,12-13,15H,5,8,11H2. The van der Waals surface area contributed by atoms with E-state index in [1.54, 1.807) is 12.7 Å². The number of benzene rings is 2. The minimum absolute atomic E-state index is 0.300. The highest BCUT2D eigenvalue weighted by Gasteiger charge is 2.16. The Morgan fingerprint density at radius 1 is 1.09 bits per heavy atom. The molecule has 0 spiro atoms. The number of hydrogen-bond acceptors (Lipinski definition) is 2. The van der Waals surface area contributed by atoms with Gasteiger partial charge in [-0.05, 0) is 42.2 Å². The molecule has 3 rings (SSSR count). The fourth-order valence-electron chi connectivity index (χ4n) is 2.70. The molecule has 0 saturated heterocycles. The summed E-state index contributed by atoms with van der Waals surface area (Å²) in [6.45, 7) is 0.778. The predicted molar refractivity (Wildman–Crippen MR) is 96.7 cm³/mol. The first kappa shape index (κ1) is 16.2. The number of aryl methyl sites for hydroxylation is 1. The molecule has 0 amide bonds. The molecule has 0 bridgehead atoms. The van der Waals surface area contributed by atoms with Gasteiger partial charge in [0.25, 0.3) is 0 Å². The molecule has 5 heteroatoms. The second-order valence-corrected chi connectivity index (χ2v) is 6.82. The van der Waals surface area contributed by atoms with E-state index in [2.05, 4.69) is 56.3 Å². The van der Waals surface area contributed by atoms with E-state index in [4.69, 9.17) is 11.6 Å². The number of rotatable bonds is 6. The summed E-state index contributed by atoms with van der Waals surface area (Å²) in [6.07, 6.45) is 5.32. The van der Waals surface area contributed by atoms with E-state index in [1.807, 2.05) is 22.9 Å². The van der Waals surface area contributed by atoms with Crippen molar-refractivity contribution in [2.24, 2.45) is 0 Å². The zero-order valence-electron chi connectivity index (χ0n) is 12.6. The van der Waals surface area contributed by atoms with Gasteiger partial charge in [-0.2, -0.15) is 5.10 Å². The van der Waals surface area contributed by atoms with Crippen LogP contribution >= 0.6 is 27.5 Å². The van der Waals surface area contributed by atoms with Gasteiger partial charge in [-0.3, -0.25) is 4.68 Å². The first-order valence-corrected chi connectivity index (χ1v) is 8.71. The molecule has 23 heavy (non-hydrogen) atoms. The third kappa shape index (κ3) is 4.43. The van der Waals surface area contributed by atoms with E-state index in [0.29, 0.717) is 5.92 Å². The summed E-state index contributed by atoms with van der Waals surface area (Å²) in [5.74, 6) is 0.300. The van der Waals surface area contributed by atoms with Crippen LogP contribution in [0, 0.1) is 0 Å². The van der Waals surface area contributed by atoms with Gasteiger partial charge in [-0.25, -0.2) is 4.98 Å². The third-order valence-corrected chi connectivity index (χ3v) is 4.79. The molecular weight excluding hydrogens is 374 g/mol. The van der Waals surface area contributed by atoms with Crippen LogP contribution < -0.4 is 0 Å². The minimum Gasteiger partial charge on any atom is -0.252 e. The molecule has 0 aliphatic rings. The SMILES string of the molecule is Clc1ccccc1C(CCc1ccc(Br)cc1)Cn1cncn1. The second kappa shape index (κ2) is 7.75. The summed E-state index contributed by atoms with van der Waals surface area (Å²) in [7, 11) is 0. The van der Waals surface area contributed by atoms with Crippen molar-refractivity contribution in [2.75, 3.05) is 0 Å². The highest BCUT2D eigenvalue weighted by atomic mass is 79.9. The Kier molecular flexibility index (Phi) is 5.47. The smallest absolute Gasteiger partial charge is 0.137 e. The Hall–Kier alpha value is -1.65. The van der Waals surface area contributed by atoms with E-state index in [0.717, 1.165) is 28.9 Å². The van der Waals surface area contributed by atoms with Gasteiger partial charge in [0.05, 0.1) is 0 Å². The highest BCUT2D eigenvalue weighted by Crippen LogP contribution is 2.29. The number of halogens is 2. The van der Waals surface area contributed by atoms with Crippen molar-refractivity contribution < 1.29 is 0 Å². The Labute approximate surface area is 149 Å². The first-order chi connectivity index (χ1) is 11.2. The summed E-state index contributed by atoms with van der Waals surface area (Å²) < 4.78 is 2.97. The summed E-state index contributed by atoms with van der Waals surface area (Å²) in [5, 5.41) is 5.05. The molecule has 0 fully saturated rings. The van der Waals surface area contributed by atoms with Gasteiger partial charge in [0.15, 0.2) is 0 Å². The topological polar surface area (TPSA) is 30.7 Å². The lowest BCUT2D eigenvalue weighted by Gasteiger charge is -2.18. The molecule has 0 aliphatic heterocycles. The molecular formula is C18H17BrClN3. The lowest BCUT2D eigenvalue weighted by atomic mass is 9.92. The Bertz CT molecular complexity index is 741. The summed E-state index contributed by atoms with van der Waals surface area (Å²) in [4.78, 5) is 4.03. The lowest BCUT2D eigenvalue weighted by Crippen LogP contribution is -2.11. The predicted octanol–water partition coefficient (Wildman–Crippen LogP) is 5.11. The molecule has 118 valence electrons. The van der Waals surface area contributed by atoms with Crippen molar-refractivity contribution in [1.29, 1.82) is 0 Å². The van der Waals surface area contributed by atoms with Gasteiger partial charge < -0.3 is 0 Å². The summed E-state index contributed by atoms with van der Waals surface area (Å²) in [5.41, 5.74) is 2.49. The third-order valence-electron chi connectivity index (χ3n) is 3.91. The molecule has 3 aromatic rings. The summed E-state index contributed by atoms with van der Waals surface area (Å²) >= 11 is 9.89. The van der Waals surface area contributed by atoms with Crippen LogP contribution in [0.3, 0.4) is 0 Å². The molecule has 1 aromatic heterocycles. The molecule has 0 radical (unpaired) electrons. The maximum atomic E-state index is 6.41. The second-order valence-electron chi connectivity index (χ2n) is 5.50. The van der Waals surface area contributed by atoms with Gasteiger partial charge in [0.1, 0.15) is 12.7 Å². The van der Waals surface area contributed by atoms with Gasteiger partial charge in [-0.15, -0.1) is 0 Å². The Morgan fingerprint density at radius 3 is 2.57 bits per heavy atom. The van der Waals surface area contributed by atoms with E-state index in [1.165, 1.54) is 11.1 Å². The van der Waals surface area contributed by atoms with Crippen LogP contribution in [0.5, 0.6) is 0 Å². The molecule has 1 unspecified atom stereocenters. The molecule has 1 atom stereocenters. The molecule has 0 aliphatic carbocycles. The minimum atomic E-state index is 0.300. The molecule has 2 aromatic carbocycles. The molecule has 0 N–H and O–H groups in total. The van der Waals surface area contributed by atoms with Gasteiger partial charge in [-0.1, -0.05) is 57.9 Å². The lowest BCUT2D eigenvalue weighted by molar-refractivity contribution is 0.488. The van der Waals surface area contributed by atoms with Crippen molar-refractivity contribution in [2.45, 2.75) is 25.3 Å². The quantitative estimate of drug-likeness (QED) is 0.585. The maximum absolute atomic E-state index is 6.41. The molecule has 1 heterocycles. The zero-order chi connectivity index (χ0) is 16.1. The van der Waals surface area contributed by atoms with Crippen LogP contribution in [0.4, 0.5) is 0 Å².